The van der Waals surface area contributed by atoms with E-state index in [1.807, 2.05) is 41.8 Å². The van der Waals surface area contributed by atoms with E-state index in [1.165, 1.54) is 23.1 Å². The van der Waals surface area contributed by atoms with Crippen molar-refractivity contribution in [2.24, 2.45) is 0 Å². The summed E-state index contributed by atoms with van der Waals surface area (Å²) < 4.78 is 1.99. The number of thioether (sulfide) groups is 1. The predicted molar refractivity (Wildman–Crippen MR) is 135 cm³/mol. The molecule has 2 aromatic carbocycles. The molecule has 6 nitrogen and oxygen atoms in total. The molecule has 1 amide bonds. The number of halogens is 2. The molecule has 0 aliphatic rings. The standard InChI is InChI=1S/C23H21Cl2N5OS2/c1-2-10-26-22(31)19-13-32-21(27-19)14-33-23-29-28-20(11-15-6-4-3-5-7-15)30(23)16-8-9-17(24)18(25)12-16/h3-9,12-13H,2,10-11,14H2,1H3,(H,26,31). The van der Waals surface area contributed by atoms with Crippen molar-refractivity contribution in [3.63, 3.8) is 0 Å². The van der Waals surface area contributed by atoms with Crippen LogP contribution in [-0.4, -0.2) is 32.2 Å². The first-order valence-electron chi connectivity index (χ1n) is 10.3. The highest BCUT2D eigenvalue weighted by Crippen LogP contribution is 2.30. The van der Waals surface area contributed by atoms with Crippen LogP contribution >= 0.6 is 46.3 Å². The molecular weight excluding hydrogens is 497 g/mol. The number of amides is 1. The van der Waals surface area contributed by atoms with Gasteiger partial charge in [0.2, 0.25) is 0 Å². The van der Waals surface area contributed by atoms with Crippen LogP contribution in [0, 0.1) is 0 Å². The fraction of sp³-hybridized carbons (Fsp3) is 0.217. The summed E-state index contributed by atoms with van der Waals surface area (Å²) in [7, 11) is 0. The van der Waals surface area contributed by atoms with Crippen molar-refractivity contribution in [2.75, 3.05) is 6.54 Å². The second kappa shape index (κ2) is 11.2. The van der Waals surface area contributed by atoms with Gasteiger partial charge in [-0.25, -0.2) is 4.98 Å². The lowest BCUT2D eigenvalue weighted by atomic mass is 10.1. The number of hydrogen-bond acceptors (Lipinski definition) is 6. The summed E-state index contributed by atoms with van der Waals surface area (Å²) in [6.45, 7) is 2.65. The third-order valence-electron chi connectivity index (χ3n) is 4.71. The predicted octanol–water partition coefficient (Wildman–Crippen LogP) is 6.05. The molecule has 0 atom stereocenters. The molecule has 0 saturated heterocycles. The van der Waals surface area contributed by atoms with E-state index in [1.54, 1.807) is 11.4 Å². The Balaban J connectivity index is 1.58. The average molecular weight is 518 g/mol. The molecule has 0 spiro atoms. The van der Waals surface area contributed by atoms with Crippen molar-refractivity contribution in [3.05, 3.63) is 86.0 Å². The number of hydrogen-bond donors (Lipinski definition) is 1. The van der Waals surface area contributed by atoms with Crippen molar-refractivity contribution in [1.29, 1.82) is 0 Å². The van der Waals surface area contributed by atoms with Gasteiger partial charge in [0.25, 0.3) is 5.91 Å². The highest BCUT2D eigenvalue weighted by atomic mass is 35.5. The first kappa shape index (κ1) is 23.8. The van der Waals surface area contributed by atoms with Crippen molar-refractivity contribution >= 4 is 52.2 Å². The van der Waals surface area contributed by atoms with Gasteiger partial charge in [-0.1, -0.05) is 72.2 Å². The summed E-state index contributed by atoms with van der Waals surface area (Å²) in [4.78, 5) is 16.6. The highest BCUT2D eigenvalue weighted by Gasteiger charge is 2.17. The monoisotopic (exact) mass is 517 g/mol. The Morgan fingerprint density at radius 1 is 1.12 bits per heavy atom. The zero-order chi connectivity index (χ0) is 23.2. The normalized spacial score (nSPS) is 11.0. The van der Waals surface area contributed by atoms with Gasteiger partial charge in [0.05, 0.1) is 21.5 Å². The molecule has 0 unspecified atom stereocenters. The smallest absolute Gasteiger partial charge is 0.270 e. The molecule has 0 fully saturated rings. The first-order chi connectivity index (χ1) is 16.0. The highest BCUT2D eigenvalue weighted by molar-refractivity contribution is 7.98. The Morgan fingerprint density at radius 2 is 1.94 bits per heavy atom. The van der Waals surface area contributed by atoms with Crippen LogP contribution in [0.25, 0.3) is 5.69 Å². The fourth-order valence-corrected chi connectivity index (χ4v) is 5.16. The topological polar surface area (TPSA) is 72.7 Å². The van der Waals surface area contributed by atoms with E-state index in [-0.39, 0.29) is 5.91 Å². The van der Waals surface area contributed by atoms with Gasteiger partial charge >= 0.3 is 0 Å². The van der Waals surface area contributed by atoms with Crippen molar-refractivity contribution in [2.45, 2.75) is 30.7 Å². The molecule has 10 heteroatoms. The molecule has 2 heterocycles. The molecule has 0 aliphatic heterocycles. The van der Waals surface area contributed by atoms with Crippen LogP contribution in [0.5, 0.6) is 0 Å². The van der Waals surface area contributed by atoms with Crippen LogP contribution in [0.2, 0.25) is 10.0 Å². The van der Waals surface area contributed by atoms with Crippen LogP contribution in [0.1, 0.15) is 40.2 Å². The van der Waals surface area contributed by atoms with Gasteiger partial charge in [-0.05, 0) is 30.2 Å². The third kappa shape index (κ3) is 5.95. The number of carbonyl (C=O) groups excluding carboxylic acids is 1. The van der Waals surface area contributed by atoms with Gasteiger partial charge in [0.1, 0.15) is 16.5 Å². The molecular formula is C23H21Cl2N5OS2. The summed E-state index contributed by atoms with van der Waals surface area (Å²) in [6, 6.07) is 15.6. The second-order valence-electron chi connectivity index (χ2n) is 7.17. The maximum absolute atomic E-state index is 12.1. The molecule has 1 N–H and O–H groups in total. The molecule has 0 bridgehead atoms. The van der Waals surface area contributed by atoms with E-state index in [2.05, 4.69) is 32.6 Å². The van der Waals surface area contributed by atoms with Gasteiger partial charge in [0, 0.05) is 18.3 Å². The van der Waals surface area contributed by atoms with Gasteiger partial charge in [-0.15, -0.1) is 21.5 Å². The number of carbonyl (C=O) groups is 1. The quantitative estimate of drug-likeness (QED) is 0.273. The largest absolute Gasteiger partial charge is 0.351 e. The van der Waals surface area contributed by atoms with Gasteiger partial charge in [-0.2, -0.15) is 0 Å². The van der Waals surface area contributed by atoms with Crippen molar-refractivity contribution in [1.82, 2.24) is 25.1 Å². The average Bonchev–Trinajstić information content (AvgIpc) is 3.46. The minimum Gasteiger partial charge on any atom is -0.351 e. The van der Waals surface area contributed by atoms with Crippen LogP contribution in [0.3, 0.4) is 0 Å². The lowest BCUT2D eigenvalue weighted by Gasteiger charge is -2.11. The van der Waals surface area contributed by atoms with E-state index in [4.69, 9.17) is 23.2 Å². The van der Waals surface area contributed by atoms with E-state index in [0.29, 0.717) is 39.6 Å². The summed E-state index contributed by atoms with van der Waals surface area (Å²) in [5.74, 6) is 1.21. The summed E-state index contributed by atoms with van der Waals surface area (Å²) in [6.07, 6.45) is 1.50. The fourth-order valence-electron chi connectivity index (χ4n) is 3.11. The molecule has 4 aromatic rings. The van der Waals surface area contributed by atoms with Crippen LogP contribution in [-0.2, 0) is 12.2 Å². The van der Waals surface area contributed by atoms with Gasteiger partial charge < -0.3 is 5.32 Å². The number of aromatic nitrogens is 4. The van der Waals surface area contributed by atoms with Crippen molar-refractivity contribution < 1.29 is 4.79 Å². The Labute approximate surface area is 210 Å². The number of thiazole rings is 1. The van der Waals surface area contributed by atoms with E-state index in [9.17, 15) is 4.79 Å². The molecule has 0 radical (unpaired) electrons. The Morgan fingerprint density at radius 3 is 2.70 bits per heavy atom. The zero-order valence-corrected chi connectivity index (χ0v) is 20.9. The lowest BCUT2D eigenvalue weighted by Crippen LogP contribution is -2.24. The van der Waals surface area contributed by atoms with E-state index in [0.717, 1.165) is 28.5 Å². The zero-order valence-electron chi connectivity index (χ0n) is 17.8. The van der Waals surface area contributed by atoms with Gasteiger partial charge in [-0.3, -0.25) is 9.36 Å². The van der Waals surface area contributed by atoms with Gasteiger partial charge in [0.15, 0.2) is 5.16 Å². The summed E-state index contributed by atoms with van der Waals surface area (Å²) in [5, 5.41) is 16.0. The molecule has 4 rings (SSSR count). The Hall–Kier alpha value is -2.39. The Kier molecular flexibility index (Phi) is 8.03. The van der Waals surface area contributed by atoms with Crippen molar-refractivity contribution in [3.8, 4) is 5.69 Å². The molecule has 0 aliphatic carbocycles. The first-order valence-corrected chi connectivity index (χ1v) is 13.0. The van der Waals surface area contributed by atoms with Crippen LogP contribution in [0.4, 0.5) is 0 Å². The van der Waals surface area contributed by atoms with E-state index >= 15 is 0 Å². The lowest BCUT2D eigenvalue weighted by molar-refractivity contribution is 0.0949. The molecule has 2 aromatic heterocycles. The molecule has 0 saturated carbocycles. The van der Waals surface area contributed by atoms with Crippen LogP contribution < -0.4 is 5.32 Å². The maximum Gasteiger partial charge on any atom is 0.270 e. The number of nitrogens with one attached hydrogen (secondary N) is 1. The minimum absolute atomic E-state index is 0.145. The van der Waals surface area contributed by atoms with E-state index < -0.39 is 0 Å². The summed E-state index contributed by atoms with van der Waals surface area (Å²) in [5.41, 5.74) is 2.41. The number of benzene rings is 2. The summed E-state index contributed by atoms with van der Waals surface area (Å²) >= 11 is 15.4. The second-order valence-corrected chi connectivity index (χ2v) is 9.87. The molecule has 170 valence electrons. The minimum atomic E-state index is -0.145. The number of rotatable bonds is 9. The third-order valence-corrected chi connectivity index (χ3v) is 7.42. The molecule has 33 heavy (non-hydrogen) atoms. The maximum atomic E-state index is 12.1. The SMILES string of the molecule is CCCNC(=O)c1csc(CSc2nnc(Cc3ccccc3)n2-c2ccc(Cl)c(Cl)c2)n1. The Bertz CT molecular complexity index is 1240. The number of nitrogens with zero attached hydrogens (tertiary/aromatic N) is 4. The van der Waals surface area contributed by atoms with Crippen LogP contribution in [0.15, 0.2) is 59.1 Å².